The van der Waals surface area contributed by atoms with Gasteiger partial charge in [0.05, 0.1) is 6.10 Å². The number of carbonyl (C=O) groups is 4. The van der Waals surface area contributed by atoms with E-state index in [1.807, 2.05) is 27.7 Å². The zero-order valence-corrected chi connectivity index (χ0v) is 25.3. The van der Waals surface area contributed by atoms with Gasteiger partial charge in [-0.3, -0.25) is 19.2 Å². The SMILES string of the molecule is CC(=O)OC(C)(C)/C=C/C(=O)[C@](C)(O)[C@@H]1[C@H](O)C[C@]2(C)[C@@H]3CC=C4[C@H](C[C@H](O)C(=O)C4(C)C)[C@]3(C)C(=O)C[C@@]12C. The van der Waals surface area contributed by atoms with Gasteiger partial charge in [-0.1, -0.05) is 32.4 Å². The highest BCUT2D eigenvalue weighted by molar-refractivity contribution is 5.98. The van der Waals surface area contributed by atoms with Crippen molar-refractivity contribution in [2.75, 3.05) is 0 Å². The highest BCUT2D eigenvalue weighted by atomic mass is 16.6. The second-order valence-electron chi connectivity index (χ2n) is 14.8. The van der Waals surface area contributed by atoms with Crippen LogP contribution in [-0.2, 0) is 23.9 Å². The van der Waals surface area contributed by atoms with Crippen molar-refractivity contribution < 1.29 is 39.2 Å². The van der Waals surface area contributed by atoms with Crippen LogP contribution in [0, 0.1) is 39.4 Å². The lowest BCUT2D eigenvalue weighted by atomic mass is 9.38. The molecule has 0 amide bonds. The molecule has 222 valence electrons. The van der Waals surface area contributed by atoms with E-state index in [9.17, 15) is 34.5 Å². The Kier molecular flexibility index (Phi) is 7.06. The average molecular weight is 559 g/mol. The topological polar surface area (TPSA) is 138 Å². The van der Waals surface area contributed by atoms with Crippen molar-refractivity contribution >= 4 is 23.3 Å². The van der Waals surface area contributed by atoms with Gasteiger partial charge in [-0.2, -0.15) is 0 Å². The van der Waals surface area contributed by atoms with Crippen molar-refractivity contribution in [3.8, 4) is 0 Å². The summed E-state index contributed by atoms with van der Waals surface area (Å²) in [6, 6.07) is 0. The van der Waals surface area contributed by atoms with Gasteiger partial charge in [-0.25, -0.2) is 0 Å². The van der Waals surface area contributed by atoms with Crippen LogP contribution in [0.4, 0.5) is 0 Å². The molecule has 0 aromatic carbocycles. The second kappa shape index (κ2) is 9.17. The predicted octanol–water partition coefficient (Wildman–Crippen LogP) is 3.50. The lowest BCUT2D eigenvalue weighted by molar-refractivity contribution is -0.183. The maximum atomic E-state index is 14.3. The molecule has 3 saturated carbocycles. The van der Waals surface area contributed by atoms with Crippen LogP contribution in [0.5, 0.6) is 0 Å². The number of ether oxygens (including phenoxy) is 1. The van der Waals surface area contributed by atoms with E-state index >= 15 is 0 Å². The van der Waals surface area contributed by atoms with Gasteiger partial charge in [0.1, 0.15) is 23.1 Å². The molecule has 4 aliphatic rings. The van der Waals surface area contributed by atoms with E-state index in [2.05, 4.69) is 13.0 Å². The first-order valence-electron chi connectivity index (χ1n) is 14.4. The van der Waals surface area contributed by atoms with Crippen LogP contribution in [0.2, 0.25) is 0 Å². The van der Waals surface area contributed by atoms with E-state index in [0.29, 0.717) is 12.8 Å². The Morgan fingerprint density at radius 1 is 1.05 bits per heavy atom. The van der Waals surface area contributed by atoms with Crippen LogP contribution in [-0.4, -0.2) is 62.0 Å². The molecule has 4 aliphatic carbocycles. The number of hydrogen-bond donors (Lipinski definition) is 3. The summed E-state index contributed by atoms with van der Waals surface area (Å²) in [4.78, 5) is 52.1. The van der Waals surface area contributed by atoms with Crippen LogP contribution in [0.25, 0.3) is 0 Å². The number of allylic oxidation sites excluding steroid dienone is 2. The molecule has 9 atom stereocenters. The first-order chi connectivity index (χ1) is 18.1. The Hall–Kier alpha value is -2.16. The molecule has 8 nitrogen and oxygen atoms in total. The van der Waals surface area contributed by atoms with Gasteiger partial charge in [0, 0.05) is 30.1 Å². The minimum atomic E-state index is -1.99. The molecule has 4 rings (SSSR count). The summed E-state index contributed by atoms with van der Waals surface area (Å²) < 4.78 is 5.23. The van der Waals surface area contributed by atoms with Crippen molar-refractivity contribution in [3.63, 3.8) is 0 Å². The molecule has 8 heteroatoms. The minimum absolute atomic E-state index is 0.0284. The van der Waals surface area contributed by atoms with Crippen LogP contribution in [0.15, 0.2) is 23.8 Å². The number of carbonyl (C=O) groups excluding carboxylic acids is 4. The number of aliphatic hydroxyl groups is 3. The fraction of sp³-hybridized carbons (Fsp3) is 0.750. The molecule has 0 bridgehead atoms. The highest BCUT2D eigenvalue weighted by Gasteiger charge is 2.74. The standard InChI is InChI=1S/C32H46O8/c1-17(33)40-27(2,3)13-12-23(36)32(9,39)25-21(35)15-29(6)22-11-10-18-19(14-20(34)26(38)28(18,4)5)31(22,8)24(37)16-30(25,29)7/h10,12-13,19-22,25,34-35,39H,11,14-16H2,1-9H3/b13-12+/t19-,20-,21+,22-,25+,29+,30-,31-,32-/m0/s1. The lowest BCUT2D eigenvalue weighted by Crippen LogP contribution is -2.65. The molecule has 0 aromatic rings. The first kappa shape index (κ1) is 30.8. The Bertz CT molecular complexity index is 1210. The molecule has 3 fully saturated rings. The summed E-state index contributed by atoms with van der Waals surface area (Å²) in [5, 5.41) is 34.0. The summed E-state index contributed by atoms with van der Waals surface area (Å²) in [5.41, 5.74) is -5.43. The fourth-order valence-corrected chi connectivity index (χ4v) is 9.40. The number of Topliss-reactive ketones (excluding diaryl/α,β-unsaturated/α-hetero) is 2. The van der Waals surface area contributed by atoms with Crippen molar-refractivity contribution in [1.82, 2.24) is 0 Å². The zero-order valence-electron chi connectivity index (χ0n) is 25.3. The summed E-state index contributed by atoms with van der Waals surface area (Å²) in [5.74, 6) is -2.85. The zero-order chi connectivity index (χ0) is 30.4. The van der Waals surface area contributed by atoms with Gasteiger partial charge in [0.2, 0.25) is 0 Å². The van der Waals surface area contributed by atoms with Gasteiger partial charge in [0.25, 0.3) is 0 Å². The summed E-state index contributed by atoms with van der Waals surface area (Å²) >= 11 is 0. The Balaban J connectivity index is 1.75. The van der Waals surface area contributed by atoms with E-state index in [0.717, 1.165) is 5.57 Å². The number of esters is 1. The van der Waals surface area contributed by atoms with Gasteiger partial charge < -0.3 is 20.1 Å². The Labute approximate surface area is 237 Å². The average Bonchev–Trinajstić information content (AvgIpc) is 3.01. The van der Waals surface area contributed by atoms with Crippen LogP contribution < -0.4 is 0 Å². The monoisotopic (exact) mass is 558 g/mol. The number of ketones is 3. The minimum Gasteiger partial charge on any atom is -0.456 e. The number of rotatable bonds is 5. The van der Waals surface area contributed by atoms with Crippen molar-refractivity contribution in [2.45, 2.75) is 111 Å². The maximum Gasteiger partial charge on any atom is 0.303 e. The van der Waals surface area contributed by atoms with Gasteiger partial charge in [-0.15, -0.1) is 0 Å². The number of fused-ring (bicyclic) bond motifs is 5. The number of hydrogen-bond acceptors (Lipinski definition) is 8. The van der Waals surface area contributed by atoms with Crippen molar-refractivity contribution in [3.05, 3.63) is 23.8 Å². The smallest absolute Gasteiger partial charge is 0.303 e. The predicted molar refractivity (Wildman–Crippen MR) is 148 cm³/mol. The van der Waals surface area contributed by atoms with Crippen LogP contribution in [0.1, 0.15) is 88.0 Å². The lowest BCUT2D eigenvalue weighted by Gasteiger charge is -2.64. The normalized spacial score (nSPS) is 42.4. The molecule has 0 radical (unpaired) electrons. The van der Waals surface area contributed by atoms with Crippen molar-refractivity contribution in [2.24, 2.45) is 39.4 Å². The molecule has 40 heavy (non-hydrogen) atoms. The van der Waals surface area contributed by atoms with E-state index < -0.39 is 62.7 Å². The number of aliphatic hydroxyl groups excluding tert-OH is 2. The van der Waals surface area contributed by atoms with E-state index in [-0.39, 0.29) is 36.2 Å². The highest BCUT2D eigenvalue weighted by Crippen LogP contribution is 2.74. The molecule has 0 unspecified atom stereocenters. The summed E-state index contributed by atoms with van der Waals surface area (Å²) in [7, 11) is 0. The van der Waals surface area contributed by atoms with Crippen LogP contribution in [0.3, 0.4) is 0 Å². The van der Waals surface area contributed by atoms with Gasteiger partial charge in [-0.05, 0) is 88.7 Å². The maximum absolute atomic E-state index is 14.3. The summed E-state index contributed by atoms with van der Waals surface area (Å²) in [6.07, 6.45) is 3.55. The van der Waals surface area contributed by atoms with E-state index in [4.69, 9.17) is 4.74 Å². The third kappa shape index (κ3) is 4.11. The molecular formula is C32H46O8. The van der Waals surface area contributed by atoms with E-state index in [1.165, 1.54) is 26.0 Å². The third-order valence-corrected chi connectivity index (χ3v) is 11.5. The van der Waals surface area contributed by atoms with E-state index in [1.54, 1.807) is 13.8 Å². The molecule has 0 heterocycles. The molecule has 0 aromatic heterocycles. The van der Waals surface area contributed by atoms with Crippen molar-refractivity contribution in [1.29, 1.82) is 0 Å². The summed E-state index contributed by atoms with van der Waals surface area (Å²) in [6.45, 7) is 15.4. The molecule has 0 saturated heterocycles. The van der Waals surface area contributed by atoms with Gasteiger partial charge in [0.15, 0.2) is 11.6 Å². The second-order valence-corrected chi connectivity index (χ2v) is 14.8. The molecular weight excluding hydrogens is 512 g/mol. The quantitative estimate of drug-likeness (QED) is 0.265. The third-order valence-electron chi connectivity index (χ3n) is 11.5. The Morgan fingerprint density at radius 2 is 1.65 bits per heavy atom. The first-order valence-corrected chi connectivity index (χ1v) is 14.4. The van der Waals surface area contributed by atoms with Crippen LogP contribution >= 0.6 is 0 Å². The molecule has 0 spiro atoms. The largest absolute Gasteiger partial charge is 0.456 e. The Morgan fingerprint density at radius 3 is 2.23 bits per heavy atom. The molecule has 0 aliphatic heterocycles. The van der Waals surface area contributed by atoms with Gasteiger partial charge >= 0.3 is 5.97 Å². The fourth-order valence-electron chi connectivity index (χ4n) is 9.40. The molecule has 3 N–H and O–H groups in total.